The Morgan fingerprint density at radius 3 is 2.83 bits per heavy atom. The van der Waals surface area contributed by atoms with E-state index in [0.717, 1.165) is 33.6 Å². The van der Waals surface area contributed by atoms with Crippen LogP contribution in [-0.4, -0.2) is 30.6 Å². The summed E-state index contributed by atoms with van der Waals surface area (Å²) in [6, 6.07) is 11.4. The molecule has 0 unspecified atom stereocenters. The van der Waals surface area contributed by atoms with Gasteiger partial charge in [-0.3, -0.25) is 9.59 Å². The number of anilines is 1. The number of aliphatic imine (C=N–C) groups is 1. The highest BCUT2D eigenvalue weighted by atomic mass is 79.9. The fraction of sp³-hybridized carbons (Fsp3) is 0.348. The second-order valence-electron chi connectivity index (χ2n) is 7.52. The van der Waals surface area contributed by atoms with E-state index in [1.54, 1.807) is 16.2 Å². The lowest BCUT2D eigenvalue weighted by Crippen LogP contribution is -2.41. The van der Waals surface area contributed by atoms with Crippen molar-refractivity contribution >= 4 is 56.2 Å². The maximum Gasteiger partial charge on any atom is 0.240 e. The van der Waals surface area contributed by atoms with Crippen LogP contribution in [0.25, 0.3) is 0 Å². The van der Waals surface area contributed by atoms with Crippen LogP contribution < -0.4 is 10.2 Å². The molecule has 2 heterocycles. The number of thiophene rings is 1. The average molecular weight is 486 g/mol. The van der Waals surface area contributed by atoms with Crippen LogP contribution in [0.2, 0.25) is 0 Å². The predicted octanol–water partition coefficient (Wildman–Crippen LogP) is 5.37. The van der Waals surface area contributed by atoms with E-state index in [1.807, 2.05) is 36.4 Å². The zero-order valence-electron chi connectivity index (χ0n) is 16.7. The number of fused-ring (bicyclic) bond motifs is 1. The van der Waals surface area contributed by atoms with Gasteiger partial charge < -0.3 is 10.2 Å². The molecule has 0 saturated heterocycles. The molecule has 2 aliphatic rings. The van der Waals surface area contributed by atoms with Crippen molar-refractivity contribution in [1.82, 2.24) is 5.32 Å². The predicted molar refractivity (Wildman–Crippen MR) is 126 cm³/mol. The van der Waals surface area contributed by atoms with Crippen LogP contribution in [-0.2, 0) is 9.59 Å². The van der Waals surface area contributed by atoms with E-state index in [2.05, 4.69) is 27.3 Å². The fourth-order valence-electron chi connectivity index (χ4n) is 3.82. The van der Waals surface area contributed by atoms with Gasteiger partial charge in [0.25, 0.3) is 0 Å². The van der Waals surface area contributed by atoms with Gasteiger partial charge in [-0.1, -0.05) is 23.8 Å². The van der Waals surface area contributed by atoms with Crippen LogP contribution in [0, 0.1) is 0 Å². The van der Waals surface area contributed by atoms with Crippen LogP contribution in [0.15, 0.2) is 56.8 Å². The SMILES string of the molecule is O=C(CN1C(=O)CC(c2ccc(Br)s2)=Nc2ccccc21)NCCC1=CCCCC1. The van der Waals surface area contributed by atoms with E-state index in [-0.39, 0.29) is 24.8 Å². The lowest BCUT2D eigenvalue weighted by Gasteiger charge is -2.22. The first-order chi connectivity index (χ1) is 14.6. The molecule has 5 nitrogen and oxygen atoms in total. The van der Waals surface area contributed by atoms with Crippen molar-refractivity contribution in [3.05, 3.63) is 56.7 Å². The Kier molecular flexibility index (Phi) is 6.79. The van der Waals surface area contributed by atoms with Gasteiger partial charge in [0.15, 0.2) is 0 Å². The number of amides is 2. The first-order valence-corrected chi connectivity index (χ1v) is 11.9. The van der Waals surface area contributed by atoms with Crippen molar-refractivity contribution in [1.29, 1.82) is 0 Å². The second kappa shape index (κ2) is 9.71. The minimum absolute atomic E-state index is 0.00578. The van der Waals surface area contributed by atoms with Crippen molar-refractivity contribution in [2.75, 3.05) is 18.0 Å². The molecule has 1 aliphatic carbocycles. The quantitative estimate of drug-likeness (QED) is 0.558. The van der Waals surface area contributed by atoms with E-state index in [0.29, 0.717) is 17.9 Å². The lowest BCUT2D eigenvalue weighted by atomic mass is 9.97. The van der Waals surface area contributed by atoms with Crippen LogP contribution in [0.4, 0.5) is 11.4 Å². The Labute approximate surface area is 189 Å². The van der Waals surface area contributed by atoms with Crippen molar-refractivity contribution in [2.24, 2.45) is 4.99 Å². The number of halogens is 1. The fourth-order valence-corrected chi connectivity index (χ4v) is 5.20. The number of nitrogens with one attached hydrogen (secondary N) is 1. The van der Waals surface area contributed by atoms with Crippen molar-refractivity contribution in [2.45, 2.75) is 38.5 Å². The maximum atomic E-state index is 13.1. The topological polar surface area (TPSA) is 61.8 Å². The molecule has 1 aromatic heterocycles. The molecule has 7 heteroatoms. The molecule has 0 atom stereocenters. The summed E-state index contributed by atoms with van der Waals surface area (Å²) < 4.78 is 0.995. The minimum atomic E-state index is -0.142. The standard InChI is InChI=1S/C23H24BrN3O2S/c24-21-11-10-20(30-21)18-14-23(29)27(19-9-5-4-8-17(19)26-18)15-22(28)25-13-12-16-6-2-1-3-7-16/h4-6,8-11H,1-3,7,12-15H2,(H,25,28). The molecule has 2 aromatic rings. The van der Waals surface area contributed by atoms with E-state index < -0.39 is 0 Å². The number of para-hydroxylation sites is 2. The summed E-state index contributed by atoms with van der Waals surface area (Å²) >= 11 is 5.02. The van der Waals surface area contributed by atoms with Crippen molar-refractivity contribution in [3.63, 3.8) is 0 Å². The Hall–Kier alpha value is -2.25. The third kappa shape index (κ3) is 5.08. The number of hydrogen-bond acceptors (Lipinski definition) is 4. The Balaban J connectivity index is 1.46. The molecule has 30 heavy (non-hydrogen) atoms. The molecule has 0 saturated carbocycles. The third-order valence-corrected chi connectivity index (χ3v) is 7.03. The highest BCUT2D eigenvalue weighted by Gasteiger charge is 2.27. The number of carbonyl (C=O) groups is 2. The van der Waals surface area contributed by atoms with Gasteiger partial charge in [-0.05, 0) is 72.3 Å². The van der Waals surface area contributed by atoms with Crippen LogP contribution in [0.5, 0.6) is 0 Å². The van der Waals surface area contributed by atoms with Crippen LogP contribution >= 0.6 is 27.3 Å². The monoisotopic (exact) mass is 485 g/mol. The minimum Gasteiger partial charge on any atom is -0.354 e. The molecular weight excluding hydrogens is 462 g/mol. The largest absolute Gasteiger partial charge is 0.354 e. The van der Waals surface area contributed by atoms with Crippen LogP contribution in [0.1, 0.15) is 43.4 Å². The van der Waals surface area contributed by atoms with Crippen LogP contribution in [0.3, 0.4) is 0 Å². The van der Waals surface area contributed by atoms with E-state index in [1.165, 1.54) is 18.4 Å². The summed E-state index contributed by atoms with van der Waals surface area (Å²) in [5, 5.41) is 2.98. The van der Waals surface area contributed by atoms with Gasteiger partial charge in [0.1, 0.15) is 6.54 Å². The highest BCUT2D eigenvalue weighted by Crippen LogP contribution is 2.34. The van der Waals surface area contributed by atoms with Gasteiger partial charge in [-0.25, -0.2) is 4.99 Å². The third-order valence-electron chi connectivity index (χ3n) is 5.36. The zero-order chi connectivity index (χ0) is 20.9. The van der Waals surface area contributed by atoms with E-state index in [9.17, 15) is 9.59 Å². The Bertz CT molecular complexity index is 1010. The van der Waals surface area contributed by atoms with Gasteiger partial charge in [0, 0.05) is 6.54 Å². The molecule has 0 radical (unpaired) electrons. The molecule has 1 aliphatic heterocycles. The summed E-state index contributed by atoms with van der Waals surface area (Å²) in [5.74, 6) is -0.259. The van der Waals surface area contributed by atoms with Crippen molar-refractivity contribution < 1.29 is 9.59 Å². The molecule has 0 fully saturated rings. The molecular formula is C23H24BrN3O2S. The van der Waals surface area contributed by atoms with Gasteiger partial charge in [0.2, 0.25) is 11.8 Å². The number of allylic oxidation sites excluding steroid dienone is 1. The zero-order valence-corrected chi connectivity index (χ0v) is 19.1. The van der Waals surface area contributed by atoms with Gasteiger partial charge in [-0.2, -0.15) is 0 Å². The number of rotatable bonds is 6. The molecule has 0 spiro atoms. The lowest BCUT2D eigenvalue weighted by molar-refractivity contribution is -0.123. The first kappa shape index (κ1) is 21.0. The molecule has 4 rings (SSSR count). The van der Waals surface area contributed by atoms with Gasteiger partial charge >= 0.3 is 0 Å². The summed E-state index contributed by atoms with van der Waals surface area (Å²) in [6.45, 7) is 0.616. The summed E-state index contributed by atoms with van der Waals surface area (Å²) in [5.41, 5.74) is 3.55. The molecule has 2 amide bonds. The Morgan fingerprint density at radius 1 is 1.20 bits per heavy atom. The summed E-state index contributed by atoms with van der Waals surface area (Å²) in [6.07, 6.45) is 8.13. The number of carbonyl (C=O) groups excluding carboxylic acids is 2. The average Bonchev–Trinajstić information content (AvgIpc) is 3.13. The number of hydrogen-bond donors (Lipinski definition) is 1. The van der Waals surface area contributed by atoms with E-state index in [4.69, 9.17) is 4.99 Å². The highest BCUT2D eigenvalue weighted by molar-refractivity contribution is 9.11. The normalized spacial score (nSPS) is 16.4. The smallest absolute Gasteiger partial charge is 0.240 e. The molecule has 156 valence electrons. The van der Waals surface area contributed by atoms with Crippen molar-refractivity contribution in [3.8, 4) is 0 Å². The molecule has 0 bridgehead atoms. The molecule has 1 N–H and O–H groups in total. The number of benzene rings is 1. The number of nitrogens with zero attached hydrogens (tertiary/aromatic N) is 2. The van der Waals surface area contributed by atoms with E-state index >= 15 is 0 Å². The Morgan fingerprint density at radius 2 is 2.07 bits per heavy atom. The summed E-state index contributed by atoms with van der Waals surface area (Å²) in [7, 11) is 0. The second-order valence-corrected chi connectivity index (χ2v) is 9.98. The van der Waals surface area contributed by atoms with Gasteiger partial charge in [-0.15, -0.1) is 11.3 Å². The first-order valence-electron chi connectivity index (χ1n) is 10.3. The summed E-state index contributed by atoms with van der Waals surface area (Å²) in [4.78, 5) is 33.0. The maximum absolute atomic E-state index is 13.1. The molecule has 1 aromatic carbocycles. The van der Waals surface area contributed by atoms with Gasteiger partial charge in [0.05, 0.1) is 32.2 Å².